The Morgan fingerprint density at radius 2 is 2.21 bits per heavy atom. The Labute approximate surface area is 80.0 Å². The zero-order chi connectivity index (χ0) is 10.7. The van der Waals surface area contributed by atoms with Crippen LogP contribution in [0.5, 0.6) is 0 Å². The summed E-state index contributed by atoms with van der Waals surface area (Å²) in [7, 11) is 0. The van der Waals surface area contributed by atoms with E-state index in [-0.39, 0.29) is 18.1 Å². The maximum atomic E-state index is 11.2. The topological polar surface area (TPSA) is 95.4 Å². The molecule has 0 aromatic carbocycles. The van der Waals surface area contributed by atoms with E-state index in [4.69, 9.17) is 5.73 Å². The monoisotopic (exact) mass is 198 g/mol. The maximum absolute atomic E-state index is 11.2. The summed E-state index contributed by atoms with van der Waals surface area (Å²) in [6, 6.07) is 0. The van der Waals surface area contributed by atoms with E-state index in [1.54, 1.807) is 6.92 Å². The van der Waals surface area contributed by atoms with Crippen molar-refractivity contribution in [2.75, 3.05) is 6.61 Å². The second-order valence-electron chi connectivity index (χ2n) is 2.57. The van der Waals surface area contributed by atoms with Crippen molar-refractivity contribution in [3.8, 4) is 0 Å². The highest BCUT2D eigenvalue weighted by molar-refractivity contribution is 5.96. The van der Waals surface area contributed by atoms with Crippen molar-refractivity contribution in [3.63, 3.8) is 0 Å². The molecule has 0 bridgehead atoms. The number of primary amides is 1. The van der Waals surface area contributed by atoms with E-state index in [1.807, 2.05) is 0 Å². The summed E-state index contributed by atoms with van der Waals surface area (Å²) in [5, 5.41) is 3.37. The summed E-state index contributed by atoms with van der Waals surface area (Å²) in [6.07, 6.45) is 0. The molecule has 0 fully saturated rings. The second-order valence-corrected chi connectivity index (χ2v) is 2.57. The van der Waals surface area contributed by atoms with Crippen LogP contribution in [-0.2, 0) is 4.74 Å². The number of aromatic nitrogens is 1. The van der Waals surface area contributed by atoms with Gasteiger partial charge in [-0.1, -0.05) is 5.16 Å². The van der Waals surface area contributed by atoms with E-state index in [0.717, 1.165) is 0 Å². The zero-order valence-corrected chi connectivity index (χ0v) is 7.86. The van der Waals surface area contributed by atoms with Gasteiger partial charge in [0.1, 0.15) is 0 Å². The molecular formula is C8H10N2O4. The van der Waals surface area contributed by atoms with Crippen LogP contribution >= 0.6 is 0 Å². The van der Waals surface area contributed by atoms with E-state index in [1.165, 1.54) is 6.92 Å². The molecule has 14 heavy (non-hydrogen) atoms. The van der Waals surface area contributed by atoms with Crippen LogP contribution in [0.15, 0.2) is 4.52 Å². The van der Waals surface area contributed by atoms with Crippen molar-refractivity contribution in [1.82, 2.24) is 5.16 Å². The summed E-state index contributed by atoms with van der Waals surface area (Å²) >= 11 is 0. The van der Waals surface area contributed by atoms with Gasteiger partial charge in [0.25, 0.3) is 5.91 Å². The SMILES string of the molecule is CCOC(=O)c1onc(C(N)=O)c1C. The number of ether oxygens (including phenoxy) is 1. The van der Waals surface area contributed by atoms with Crippen LogP contribution in [0.1, 0.15) is 33.5 Å². The Morgan fingerprint density at radius 1 is 1.57 bits per heavy atom. The van der Waals surface area contributed by atoms with Gasteiger partial charge >= 0.3 is 5.97 Å². The van der Waals surface area contributed by atoms with E-state index < -0.39 is 11.9 Å². The summed E-state index contributed by atoms with van der Waals surface area (Å²) in [5.41, 5.74) is 5.24. The predicted molar refractivity (Wildman–Crippen MR) is 45.7 cm³/mol. The number of nitrogens with two attached hydrogens (primary N) is 1. The van der Waals surface area contributed by atoms with Crippen LogP contribution in [0.4, 0.5) is 0 Å². The first-order valence-electron chi connectivity index (χ1n) is 4.01. The van der Waals surface area contributed by atoms with Gasteiger partial charge in [-0.2, -0.15) is 0 Å². The highest BCUT2D eigenvalue weighted by atomic mass is 16.6. The lowest BCUT2D eigenvalue weighted by atomic mass is 10.2. The van der Waals surface area contributed by atoms with Crippen LogP contribution in [0.2, 0.25) is 0 Å². The van der Waals surface area contributed by atoms with Gasteiger partial charge in [0, 0.05) is 5.56 Å². The average molecular weight is 198 g/mol. The Kier molecular flexibility index (Phi) is 2.85. The fraction of sp³-hybridized carbons (Fsp3) is 0.375. The minimum Gasteiger partial charge on any atom is -0.460 e. The minimum atomic E-state index is -0.734. The summed E-state index contributed by atoms with van der Waals surface area (Å²) in [5.74, 6) is -1.47. The molecule has 0 aliphatic heterocycles. The highest BCUT2D eigenvalue weighted by Gasteiger charge is 2.22. The van der Waals surface area contributed by atoms with Gasteiger partial charge in [-0.3, -0.25) is 4.79 Å². The molecule has 0 aliphatic carbocycles. The Bertz CT molecular complexity index is 369. The zero-order valence-electron chi connectivity index (χ0n) is 7.86. The highest BCUT2D eigenvalue weighted by Crippen LogP contribution is 2.13. The third kappa shape index (κ3) is 1.73. The third-order valence-electron chi connectivity index (χ3n) is 1.62. The molecule has 76 valence electrons. The Balaban J connectivity index is 3.00. The fourth-order valence-electron chi connectivity index (χ4n) is 0.953. The quantitative estimate of drug-likeness (QED) is 0.702. The van der Waals surface area contributed by atoms with E-state index in [0.29, 0.717) is 5.56 Å². The van der Waals surface area contributed by atoms with Gasteiger partial charge < -0.3 is 15.0 Å². The Morgan fingerprint density at radius 3 is 2.64 bits per heavy atom. The first kappa shape index (κ1) is 10.2. The van der Waals surface area contributed by atoms with Crippen molar-refractivity contribution in [2.45, 2.75) is 13.8 Å². The number of amides is 1. The smallest absolute Gasteiger partial charge is 0.377 e. The molecule has 1 heterocycles. The van der Waals surface area contributed by atoms with Crippen LogP contribution in [-0.4, -0.2) is 23.6 Å². The summed E-state index contributed by atoms with van der Waals surface area (Å²) < 4.78 is 9.32. The summed E-state index contributed by atoms with van der Waals surface area (Å²) in [6.45, 7) is 3.41. The lowest BCUT2D eigenvalue weighted by Crippen LogP contribution is -2.13. The standard InChI is InChI=1S/C8H10N2O4/c1-3-13-8(12)6-4(2)5(7(9)11)10-14-6/h3H2,1-2H3,(H2,9,11). The van der Waals surface area contributed by atoms with Gasteiger partial charge in [-0.15, -0.1) is 0 Å². The maximum Gasteiger partial charge on any atom is 0.377 e. The molecule has 0 aliphatic rings. The fourth-order valence-corrected chi connectivity index (χ4v) is 0.953. The molecule has 1 aromatic rings. The van der Waals surface area contributed by atoms with Gasteiger partial charge in [-0.25, -0.2) is 4.79 Å². The molecular weight excluding hydrogens is 188 g/mol. The number of esters is 1. The lowest BCUT2D eigenvalue weighted by Gasteiger charge is -1.96. The first-order chi connectivity index (χ1) is 6.57. The molecule has 0 saturated carbocycles. The van der Waals surface area contributed by atoms with E-state index in [2.05, 4.69) is 14.4 Å². The molecule has 0 spiro atoms. The van der Waals surface area contributed by atoms with Crippen molar-refractivity contribution in [2.24, 2.45) is 5.73 Å². The normalized spacial score (nSPS) is 9.86. The molecule has 2 N–H and O–H groups in total. The Hall–Kier alpha value is -1.85. The molecule has 6 nitrogen and oxygen atoms in total. The molecule has 1 rings (SSSR count). The van der Waals surface area contributed by atoms with Crippen LogP contribution in [0.3, 0.4) is 0 Å². The number of hydrogen-bond donors (Lipinski definition) is 1. The van der Waals surface area contributed by atoms with Crippen LogP contribution in [0.25, 0.3) is 0 Å². The number of carbonyl (C=O) groups excluding carboxylic acids is 2. The molecule has 1 amide bonds. The molecule has 1 aromatic heterocycles. The first-order valence-corrected chi connectivity index (χ1v) is 4.01. The number of rotatable bonds is 3. The van der Waals surface area contributed by atoms with E-state index in [9.17, 15) is 9.59 Å². The van der Waals surface area contributed by atoms with Gasteiger partial charge in [0.05, 0.1) is 6.61 Å². The lowest BCUT2D eigenvalue weighted by molar-refractivity contribution is 0.0478. The van der Waals surface area contributed by atoms with Crippen LogP contribution in [0, 0.1) is 6.92 Å². The minimum absolute atomic E-state index is 0.0481. The number of carbonyl (C=O) groups is 2. The van der Waals surface area contributed by atoms with E-state index >= 15 is 0 Å². The molecule has 0 unspecified atom stereocenters. The molecule has 0 atom stereocenters. The average Bonchev–Trinajstić information content (AvgIpc) is 2.47. The molecule has 0 radical (unpaired) electrons. The second kappa shape index (κ2) is 3.91. The van der Waals surface area contributed by atoms with Crippen molar-refractivity contribution >= 4 is 11.9 Å². The number of hydrogen-bond acceptors (Lipinski definition) is 5. The van der Waals surface area contributed by atoms with Gasteiger partial charge in [-0.05, 0) is 13.8 Å². The van der Waals surface area contributed by atoms with Gasteiger partial charge in [0.15, 0.2) is 5.69 Å². The molecule has 6 heteroatoms. The van der Waals surface area contributed by atoms with Gasteiger partial charge in [0.2, 0.25) is 5.76 Å². The van der Waals surface area contributed by atoms with Crippen molar-refractivity contribution < 1.29 is 18.8 Å². The summed E-state index contributed by atoms with van der Waals surface area (Å²) in [4.78, 5) is 22.0. The predicted octanol–water partition coefficient (Wildman–Crippen LogP) is 0.259. The van der Waals surface area contributed by atoms with Crippen molar-refractivity contribution in [3.05, 3.63) is 17.0 Å². The van der Waals surface area contributed by atoms with Crippen LogP contribution < -0.4 is 5.73 Å². The van der Waals surface area contributed by atoms with Crippen molar-refractivity contribution in [1.29, 1.82) is 0 Å². The largest absolute Gasteiger partial charge is 0.460 e. The number of nitrogens with zero attached hydrogens (tertiary/aromatic N) is 1. The molecule has 0 saturated heterocycles. The third-order valence-corrected chi connectivity index (χ3v) is 1.62.